The molecular weight excluding hydrogens is 441 g/mol. The number of halogens is 2. The zero-order valence-electron chi connectivity index (χ0n) is 13.9. The third-order valence-electron chi connectivity index (χ3n) is 4.09. The van der Waals surface area contributed by atoms with Gasteiger partial charge >= 0.3 is 0 Å². The highest BCUT2D eigenvalue weighted by atomic mass is 127. The first-order valence-electron chi connectivity index (χ1n) is 7.77. The molecular formula is C16H23ClIN5O. The molecule has 8 heteroatoms. The van der Waals surface area contributed by atoms with E-state index in [1.807, 2.05) is 36.0 Å². The van der Waals surface area contributed by atoms with Crippen LogP contribution in [0.1, 0.15) is 12.1 Å². The number of aliphatic imine (C=N–C) groups is 1. The predicted octanol–water partition coefficient (Wildman–Crippen LogP) is 2.65. The molecule has 1 aliphatic rings. The van der Waals surface area contributed by atoms with Crippen molar-refractivity contribution >= 4 is 47.2 Å². The number of likely N-dealkylation sites (tertiary alicyclic amines) is 1. The normalized spacial score (nSPS) is 18.0. The van der Waals surface area contributed by atoms with E-state index in [0.29, 0.717) is 17.5 Å². The highest BCUT2D eigenvalue weighted by molar-refractivity contribution is 14.0. The molecule has 132 valence electrons. The molecule has 3 heterocycles. The van der Waals surface area contributed by atoms with Gasteiger partial charge in [-0.05, 0) is 18.6 Å². The standard InChI is InChI=1S/C16H22ClN5O.HI/c1-18-16(21-6-5-12(8-21)11-23-2)19-7-14-10-22-9-13(17)3-4-15(22)20-14;/h3-4,9-10,12H,5-8,11H2,1-2H3,(H,18,19);1H. The van der Waals surface area contributed by atoms with Crippen molar-refractivity contribution in [2.75, 3.05) is 33.9 Å². The number of aromatic nitrogens is 2. The quantitative estimate of drug-likeness (QED) is 0.430. The zero-order valence-corrected chi connectivity index (χ0v) is 17.0. The van der Waals surface area contributed by atoms with Gasteiger partial charge in [-0.15, -0.1) is 24.0 Å². The van der Waals surface area contributed by atoms with E-state index in [4.69, 9.17) is 16.3 Å². The van der Waals surface area contributed by atoms with Gasteiger partial charge in [-0.1, -0.05) is 11.6 Å². The minimum atomic E-state index is 0. The Morgan fingerprint density at radius 2 is 2.29 bits per heavy atom. The molecule has 6 nitrogen and oxygen atoms in total. The van der Waals surface area contributed by atoms with Gasteiger partial charge in [-0.25, -0.2) is 4.98 Å². The lowest BCUT2D eigenvalue weighted by Gasteiger charge is -2.21. The number of nitrogens with one attached hydrogen (secondary N) is 1. The third-order valence-corrected chi connectivity index (χ3v) is 4.32. The predicted molar refractivity (Wildman–Crippen MR) is 107 cm³/mol. The Balaban J connectivity index is 0.00000208. The van der Waals surface area contributed by atoms with E-state index in [9.17, 15) is 0 Å². The van der Waals surface area contributed by atoms with Crippen molar-refractivity contribution in [3.8, 4) is 0 Å². The zero-order chi connectivity index (χ0) is 16.2. The lowest BCUT2D eigenvalue weighted by Crippen LogP contribution is -2.39. The first-order valence-corrected chi connectivity index (χ1v) is 8.15. The van der Waals surface area contributed by atoms with Crippen molar-refractivity contribution in [1.82, 2.24) is 19.6 Å². The van der Waals surface area contributed by atoms with Crippen molar-refractivity contribution in [3.05, 3.63) is 35.2 Å². The van der Waals surface area contributed by atoms with E-state index in [-0.39, 0.29) is 24.0 Å². The van der Waals surface area contributed by atoms with Crippen LogP contribution in [0.15, 0.2) is 29.5 Å². The van der Waals surface area contributed by atoms with Crippen LogP contribution in [-0.2, 0) is 11.3 Å². The molecule has 0 spiro atoms. The number of fused-ring (bicyclic) bond motifs is 1. The molecule has 1 unspecified atom stereocenters. The molecule has 1 atom stereocenters. The smallest absolute Gasteiger partial charge is 0.193 e. The fourth-order valence-corrected chi connectivity index (χ4v) is 3.17. The van der Waals surface area contributed by atoms with E-state index in [1.165, 1.54) is 0 Å². The molecule has 1 N–H and O–H groups in total. The van der Waals surface area contributed by atoms with Crippen LogP contribution in [0.25, 0.3) is 5.65 Å². The lowest BCUT2D eigenvalue weighted by molar-refractivity contribution is 0.157. The van der Waals surface area contributed by atoms with E-state index in [1.54, 1.807) is 7.11 Å². The van der Waals surface area contributed by atoms with Crippen LogP contribution < -0.4 is 5.32 Å². The second-order valence-electron chi connectivity index (χ2n) is 5.80. The first kappa shape index (κ1) is 19.3. The number of guanidine groups is 1. The Bertz CT molecular complexity index is 705. The maximum absolute atomic E-state index is 6.00. The average Bonchev–Trinajstić information content (AvgIpc) is 3.15. The van der Waals surface area contributed by atoms with E-state index < -0.39 is 0 Å². The summed E-state index contributed by atoms with van der Waals surface area (Å²) < 4.78 is 7.19. The van der Waals surface area contributed by atoms with E-state index >= 15 is 0 Å². The molecule has 1 fully saturated rings. The number of pyridine rings is 1. The summed E-state index contributed by atoms with van der Waals surface area (Å²) in [4.78, 5) is 11.2. The summed E-state index contributed by atoms with van der Waals surface area (Å²) in [5, 5.41) is 4.09. The van der Waals surface area contributed by atoms with Gasteiger partial charge in [0.1, 0.15) is 5.65 Å². The summed E-state index contributed by atoms with van der Waals surface area (Å²) in [7, 11) is 3.57. The highest BCUT2D eigenvalue weighted by Gasteiger charge is 2.24. The van der Waals surface area contributed by atoms with Crippen molar-refractivity contribution in [2.45, 2.75) is 13.0 Å². The summed E-state index contributed by atoms with van der Waals surface area (Å²) in [6.45, 7) is 3.43. The number of methoxy groups -OCH3 is 1. The number of hydrogen-bond donors (Lipinski definition) is 1. The van der Waals surface area contributed by atoms with Crippen molar-refractivity contribution in [3.63, 3.8) is 0 Å². The number of nitrogens with zero attached hydrogens (tertiary/aromatic N) is 4. The molecule has 0 saturated carbocycles. The lowest BCUT2D eigenvalue weighted by atomic mass is 10.1. The van der Waals surface area contributed by atoms with Crippen LogP contribution in [-0.4, -0.2) is 54.1 Å². The minimum absolute atomic E-state index is 0. The van der Waals surface area contributed by atoms with Crippen LogP contribution >= 0.6 is 35.6 Å². The van der Waals surface area contributed by atoms with Gasteiger partial charge in [-0.3, -0.25) is 4.99 Å². The maximum atomic E-state index is 6.00. The number of hydrogen-bond acceptors (Lipinski definition) is 3. The fraction of sp³-hybridized carbons (Fsp3) is 0.500. The van der Waals surface area contributed by atoms with Crippen LogP contribution in [0.5, 0.6) is 0 Å². The maximum Gasteiger partial charge on any atom is 0.193 e. The number of ether oxygens (including phenoxy) is 1. The monoisotopic (exact) mass is 463 g/mol. The molecule has 1 aliphatic heterocycles. The van der Waals surface area contributed by atoms with Gasteiger partial charge < -0.3 is 19.4 Å². The molecule has 0 bridgehead atoms. The Kier molecular flexibility index (Phi) is 7.12. The van der Waals surface area contributed by atoms with Crippen LogP contribution in [0.3, 0.4) is 0 Å². The minimum Gasteiger partial charge on any atom is -0.384 e. The second-order valence-corrected chi connectivity index (χ2v) is 6.24. The molecule has 3 rings (SSSR count). The van der Waals surface area contributed by atoms with Crippen LogP contribution in [0.2, 0.25) is 5.02 Å². The Hall–Kier alpha value is -1.06. The largest absolute Gasteiger partial charge is 0.384 e. The Labute approximate surface area is 164 Å². The third kappa shape index (κ3) is 4.52. The van der Waals surface area contributed by atoms with Gasteiger partial charge in [0.25, 0.3) is 0 Å². The molecule has 2 aromatic heterocycles. The first-order chi connectivity index (χ1) is 11.2. The number of imidazole rings is 1. The van der Waals surface area contributed by atoms with Gasteiger partial charge in [0, 0.05) is 45.6 Å². The molecule has 0 radical (unpaired) electrons. The number of rotatable bonds is 4. The van der Waals surface area contributed by atoms with Crippen molar-refractivity contribution < 1.29 is 4.74 Å². The summed E-state index contributed by atoms with van der Waals surface area (Å²) in [6.07, 6.45) is 4.98. The fourth-order valence-electron chi connectivity index (χ4n) is 3.00. The van der Waals surface area contributed by atoms with Crippen LogP contribution in [0.4, 0.5) is 0 Å². The van der Waals surface area contributed by atoms with Gasteiger partial charge in [0.15, 0.2) is 5.96 Å². The molecule has 0 aromatic carbocycles. The summed E-state index contributed by atoms with van der Waals surface area (Å²) in [5.74, 6) is 1.49. The van der Waals surface area contributed by atoms with Crippen molar-refractivity contribution in [2.24, 2.45) is 10.9 Å². The second kappa shape index (κ2) is 8.87. The van der Waals surface area contributed by atoms with Crippen molar-refractivity contribution in [1.29, 1.82) is 0 Å². The summed E-state index contributed by atoms with van der Waals surface area (Å²) in [5.41, 5.74) is 1.85. The SMILES string of the molecule is CN=C(NCc1cn2cc(Cl)ccc2n1)N1CCC(COC)C1.I. The van der Waals surface area contributed by atoms with E-state index in [2.05, 4.69) is 20.2 Å². The molecule has 0 amide bonds. The molecule has 0 aliphatic carbocycles. The topological polar surface area (TPSA) is 54.2 Å². The highest BCUT2D eigenvalue weighted by Crippen LogP contribution is 2.16. The average molecular weight is 464 g/mol. The van der Waals surface area contributed by atoms with Gasteiger partial charge in [-0.2, -0.15) is 0 Å². The molecule has 2 aromatic rings. The molecule has 1 saturated heterocycles. The Morgan fingerprint density at radius 3 is 3.04 bits per heavy atom. The summed E-state index contributed by atoms with van der Waals surface area (Å²) >= 11 is 6.00. The van der Waals surface area contributed by atoms with E-state index in [0.717, 1.165) is 43.4 Å². The summed E-state index contributed by atoms with van der Waals surface area (Å²) in [6, 6.07) is 3.76. The molecule has 24 heavy (non-hydrogen) atoms. The Morgan fingerprint density at radius 1 is 1.46 bits per heavy atom. The van der Waals surface area contributed by atoms with Gasteiger partial charge in [0.2, 0.25) is 0 Å². The van der Waals surface area contributed by atoms with Gasteiger partial charge in [0.05, 0.1) is 23.9 Å². The van der Waals surface area contributed by atoms with Crippen LogP contribution in [0, 0.1) is 5.92 Å².